The molecule has 7 rings (SSSR count). The topological polar surface area (TPSA) is 32.8 Å². The van der Waals surface area contributed by atoms with E-state index in [0.717, 1.165) is 6.54 Å². The third-order valence-corrected chi connectivity index (χ3v) is 8.22. The number of ether oxygens (including phenoxy) is 1. The van der Waals surface area contributed by atoms with Gasteiger partial charge in [-0.05, 0) is 36.9 Å². The fourth-order valence-electron chi connectivity index (χ4n) is 7.51. The van der Waals surface area contributed by atoms with Gasteiger partial charge in [-0.3, -0.25) is 9.69 Å². The Labute approximate surface area is 147 Å². The second-order valence-electron chi connectivity index (χ2n) is 8.78. The van der Waals surface area contributed by atoms with Crippen LogP contribution in [0.15, 0.2) is 35.9 Å². The second-order valence-corrected chi connectivity index (χ2v) is 8.78. The number of benzene rings is 1. The third kappa shape index (κ3) is 1.33. The third-order valence-electron chi connectivity index (χ3n) is 8.22. The highest BCUT2D eigenvalue weighted by Gasteiger charge is 2.70. The number of fused-ring (bicyclic) bond motifs is 2. The molecule has 1 saturated carbocycles. The van der Waals surface area contributed by atoms with E-state index in [4.69, 9.17) is 4.74 Å². The molecule has 4 unspecified atom stereocenters. The Balaban J connectivity index is 1.55. The Kier molecular flexibility index (Phi) is 2.27. The Morgan fingerprint density at radius 2 is 2.16 bits per heavy atom. The fourth-order valence-corrected chi connectivity index (χ4v) is 7.51. The van der Waals surface area contributed by atoms with Crippen LogP contribution in [0.4, 0.5) is 5.69 Å². The molecular weight excluding hydrogens is 312 g/mol. The lowest BCUT2D eigenvalue weighted by atomic mass is 9.53. The molecule has 128 valence electrons. The van der Waals surface area contributed by atoms with E-state index in [1.54, 1.807) is 5.57 Å². The maximum atomic E-state index is 13.2. The maximum absolute atomic E-state index is 13.2. The maximum Gasteiger partial charge on any atom is 0.229 e. The van der Waals surface area contributed by atoms with Gasteiger partial charge in [-0.1, -0.05) is 29.8 Å². The highest BCUT2D eigenvalue weighted by atomic mass is 16.5. The van der Waals surface area contributed by atoms with E-state index in [-0.39, 0.29) is 17.4 Å². The number of piperidine rings is 2. The molecule has 6 aliphatic rings. The van der Waals surface area contributed by atoms with E-state index in [2.05, 4.69) is 40.1 Å². The largest absolute Gasteiger partial charge is 0.373 e. The van der Waals surface area contributed by atoms with Crippen LogP contribution in [0.3, 0.4) is 0 Å². The van der Waals surface area contributed by atoms with Crippen molar-refractivity contribution >= 4 is 11.6 Å². The first-order valence-corrected chi connectivity index (χ1v) is 9.75. The number of hydrogen-bond acceptors (Lipinski definition) is 3. The zero-order valence-corrected chi connectivity index (χ0v) is 14.2. The van der Waals surface area contributed by atoms with Gasteiger partial charge >= 0.3 is 0 Å². The first kappa shape index (κ1) is 13.5. The summed E-state index contributed by atoms with van der Waals surface area (Å²) in [6.45, 7) is 2.97. The van der Waals surface area contributed by atoms with Gasteiger partial charge in [0.05, 0.1) is 25.2 Å². The van der Waals surface area contributed by atoms with Gasteiger partial charge in [-0.15, -0.1) is 0 Å². The first-order valence-electron chi connectivity index (χ1n) is 9.75. The molecule has 3 saturated heterocycles. The average Bonchev–Trinajstić information content (AvgIpc) is 3.10. The van der Waals surface area contributed by atoms with Gasteiger partial charge in [0.15, 0.2) is 0 Å². The Morgan fingerprint density at radius 3 is 3.12 bits per heavy atom. The van der Waals surface area contributed by atoms with Crippen LogP contribution >= 0.6 is 0 Å². The number of nitrogens with zero attached hydrogens (tertiary/aromatic N) is 2. The minimum Gasteiger partial charge on any atom is -0.373 e. The standard InChI is InChI=1S/C21H22N2O2/c24-18-10-16-19-13-9-17-21(6-7-22(17)11-12(13)5-8-25-16)14-3-1-2-4-15(14)23(18)20(19)21/h1-5,13,16-17,19-20H,6-11H2/t13?,16?,17?,19-,20?,21+/m0/s1. The fraction of sp³-hybridized carbons (Fsp3) is 0.571. The van der Waals surface area contributed by atoms with Crippen molar-refractivity contribution in [2.24, 2.45) is 11.8 Å². The van der Waals surface area contributed by atoms with Crippen LogP contribution in [-0.2, 0) is 14.9 Å². The van der Waals surface area contributed by atoms with Crippen molar-refractivity contribution in [1.29, 1.82) is 0 Å². The summed E-state index contributed by atoms with van der Waals surface area (Å²) in [6.07, 6.45) is 5.43. The number of anilines is 1. The van der Waals surface area contributed by atoms with E-state index in [0.29, 0.717) is 36.9 Å². The summed E-state index contributed by atoms with van der Waals surface area (Å²) in [5.41, 5.74) is 4.35. The van der Waals surface area contributed by atoms with Crippen LogP contribution in [-0.4, -0.2) is 48.7 Å². The number of amides is 1. The van der Waals surface area contributed by atoms with E-state index in [9.17, 15) is 4.79 Å². The lowest BCUT2D eigenvalue weighted by Crippen LogP contribution is -2.69. The minimum atomic E-state index is 0.104. The highest BCUT2D eigenvalue weighted by Crippen LogP contribution is 2.65. The molecule has 4 heteroatoms. The molecular formula is C21H22N2O2. The first-order chi connectivity index (χ1) is 12.3. The summed E-state index contributed by atoms with van der Waals surface area (Å²) in [5, 5.41) is 0. The van der Waals surface area contributed by atoms with Crippen molar-refractivity contribution < 1.29 is 9.53 Å². The normalized spacial score (nSPS) is 45.9. The molecule has 4 nitrogen and oxygen atoms in total. The number of hydrogen-bond donors (Lipinski definition) is 0. The smallest absolute Gasteiger partial charge is 0.229 e. The molecule has 1 aromatic rings. The molecule has 1 spiro atoms. The molecule has 5 heterocycles. The van der Waals surface area contributed by atoms with Crippen LogP contribution in [0.25, 0.3) is 0 Å². The van der Waals surface area contributed by atoms with Crippen LogP contribution in [0, 0.1) is 11.8 Å². The van der Waals surface area contributed by atoms with Gasteiger partial charge in [0.25, 0.3) is 0 Å². The van der Waals surface area contributed by atoms with Crippen molar-refractivity contribution in [3.05, 3.63) is 41.5 Å². The quantitative estimate of drug-likeness (QED) is 0.681. The van der Waals surface area contributed by atoms with E-state index >= 15 is 0 Å². The summed E-state index contributed by atoms with van der Waals surface area (Å²) in [5.74, 6) is 1.35. The number of carbonyl (C=O) groups excluding carboxylic acids is 1. The summed E-state index contributed by atoms with van der Waals surface area (Å²) < 4.78 is 6.25. The summed E-state index contributed by atoms with van der Waals surface area (Å²) in [4.78, 5) is 18.1. The van der Waals surface area contributed by atoms with Gasteiger partial charge in [0, 0.05) is 29.6 Å². The number of carbonyl (C=O) groups is 1. The number of rotatable bonds is 0. The van der Waals surface area contributed by atoms with Gasteiger partial charge in [0.1, 0.15) is 0 Å². The summed E-state index contributed by atoms with van der Waals surface area (Å²) in [6, 6.07) is 9.64. The number of para-hydroxylation sites is 1. The molecule has 1 aliphatic carbocycles. The van der Waals surface area contributed by atoms with E-state index in [1.165, 1.54) is 30.6 Å². The predicted octanol–water partition coefficient (Wildman–Crippen LogP) is 2.09. The zero-order valence-electron chi connectivity index (χ0n) is 14.2. The lowest BCUT2D eigenvalue weighted by molar-refractivity contribution is -0.132. The second kappa shape index (κ2) is 4.18. The van der Waals surface area contributed by atoms with Gasteiger partial charge in [-0.25, -0.2) is 0 Å². The molecule has 4 fully saturated rings. The van der Waals surface area contributed by atoms with Gasteiger partial charge in [0.2, 0.25) is 5.91 Å². The SMILES string of the molecule is O=C1CC2OCC=C3CN4CC[C@]56c7ccccc7N1C5[C@H]2C3CC46. The molecule has 6 atom stereocenters. The molecule has 0 radical (unpaired) electrons. The van der Waals surface area contributed by atoms with Crippen molar-refractivity contribution in [2.75, 3.05) is 24.6 Å². The monoisotopic (exact) mass is 334 g/mol. The lowest BCUT2D eigenvalue weighted by Gasteiger charge is -2.58. The van der Waals surface area contributed by atoms with Crippen molar-refractivity contribution in [2.45, 2.75) is 42.9 Å². The van der Waals surface area contributed by atoms with Crippen molar-refractivity contribution in [1.82, 2.24) is 4.90 Å². The van der Waals surface area contributed by atoms with Crippen LogP contribution in [0.1, 0.15) is 24.8 Å². The van der Waals surface area contributed by atoms with E-state index in [1.807, 2.05) is 0 Å². The van der Waals surface area contributed by atoms with Crippen LogP contribution < -0.4 is 4.90 Å². The Bertz CT molecular complexity index is 848. The molecule has 0 aromatic heterocycles. The predicted molar refractivity (Wildman–Crippen MR) is 93.4 cm³/mol. The summed E-state index contributed by atoms with van der Waals surface area (Å²) in [7, 11) is 0. The molecule has 2 bridgehead atoms. The van der Waals surface area contributed by atoms with Crippen LogP contribution in [0.5, 0.6) is 0 Å². The van der Waals surface area contributed by atoms with Crippen LogP contribution in [0.2, 0.25) is 0 Å². The van der Waals surface area contributed by atoms with Crippen molar-refractivity contribution in [3.63, 3.8) is 0 Å². The Morgan fingerprint density at radius 1 is 1.24 bits per heavy atom. The Hall–Kier alpha value is -1.65. The summed E-state index contributed by atoms with van der Waals surface area (Å²) >= 11 is 0. The molecule has 0 N–H and O–H groups in total. The molecule has 25 heavy (non-hydrogen) atoms. The minimum absolute atomic E-state index is 0.104. The average molecular weight is 334 g/mol. The zero-order chi connectivity index (χ0) is 16.3. The van der Waals surface area contributed by atoms with Gasteiger partial charge < -0.3 is 9.64 Å². The highest BCUT2D eigenvalue weighted by molar-refractivity contribution is 5.99. The molecule has 1 amide bonds. The van der Waals surface area contributed by atoms with Gasteiger partial charge in [-0.2, -0.15) is 0 Å². The van der Waals surface area contributed by atoms with Crippen molar-refractivity contribution in [3.8, 4) is 0 Å². The van der Waals surface area contributed by atoms with E-state index < -0.39 is 0 Å². The molecule has 5 aliphatic heterocycles. The molecule has 1 aromatic carbocycles.